The number of rotatable bonds is 5. The van der Waals surface area contributed by atoms with Crippen LogP contribution >= 0.6 is 11.6 Å². The molecule has 0 fully saturated rings. The molecule has 2 aromatic rings. The quantitative estimate of drug-likeness (QED) is 0.856. The Morgan fingerprint density at radius 1 is 1.11 bits per heavy atom. The largest absolute Gasteiger partial charge is 0.310 e. The Kier molecular flexibility index (Phi) is 4.94. The van der Waals surface area contributed by atoms with E-state index in [1.807, 2.05) is 36.4 Å². The highest BCUT2D eigenvalue weighted by molar-refractivity contribution is 6.31. The van der Waals surface area contributed by atoms with E-state index in [1.54, 1.807) is 6.07 Å². The first-order chi connectivity index (χ1) is 9.18. The van der Waals surface area contributed by atoms with E-state index in [0.717, 1.165) is 16.1 Å². The van der Waals surface area contributed by atoms with Crippen LogP contribution in [0.1, 0.15) is 24.1 Å². The van der Waals surface area contributed by atoms with Gasteiger partial charge in [0.1, 0.15) is 5.82 Å². The predicted molar refractivity (Wildman–Crippen MR) is 78.0 cm³/mol. The summed E-state index contributed by atoms with van der Waals surface area (Å²) in [5.74, 6) is -0.144. The fraction of sp³-hybridized carbons (Fsp3) is 0.250. The Labute approximate surface area is 118 Å². The Morgan fingerprint density at radius 3 is 2.53 bits per heavy atom. The highest BCUT2D eigenvalue weighted by atomic mass is 35.5. The maximum absolute atomic E-state index is 13.5. The molecule has 2 rings (SSSR count). The summed E-state index contributed by atoms with van der Waals surface area (Å²) >= 11 is 6.14. The molecule has 0 radical (unpaired) electrons. The summed E-state index contributed by atoms with van der Waals surface area (Å²) in [5, 5.41) is 4.12. The van der Waals surface area contributed by atoms with E-state index in [9.17, 15) is 4.39 Å². The van der Waals surface area contributed by atoms with Crippen molar-refractivity contribution in [2.24, 2.45) is 0 Å². The van der Waals surface area contributed by atoms with E-state index in [-0.39, 0.29) is 11.9 Å². The van der Waals surface area contributed by atoms with Gasteiger partial charge in [-0.1, -0.05) is 48.0 Å². The molecule has 1 atom stereocenters. The first-order valence-corrected chi connectivity index (χ1v) is 6.77. The lowest BCUT2D eigenvalue weighted by molar-refractivity contribution is 0.559. The normalized spacial score (nSPS) is 12.4. The number of halogens is 2. The van der Waals surface area contributed by atoms with Crippen LogP contribution in [0.2, 0.25) is 5.02 Å². The second-order valence-corrected chi connectivity index (χ2v) is 4.95. The van der Waals surface area contributed by atoms with Gasteiger partial charge in [0.05, 0.1) is 0 Å². The van der Waals surface area contributed by atoms with Crippen LogP contribution < -0.4 is 5.32 Å². The molecule has 0 aliphatic carbocycles. The smallest absolute Gasteiger partial charge is 0.126 e. The molecule has 3 heteroatoms. The molecule has 0 aliphatic rings. The predicted octanol–water partition coefficient (Wildman–Crippen LogP) is 4.37. The second-order valence-electron chi connectivity index (χ2n) is 4.54. The summed E-state index contributed by atoms with van der Waals surface area (Å²) in [5.41, 5.74) is 1.80. The van der Waals surface area contributed by atoms with Gasteiger partial charge in [0.2, 0.25) is 0 Å². The molecule has 19 heavy (non-hydrogen) atoms. The third kappa shape index (κ3) is 3.79. The summed E-state index contributed by atoms with van der Waals surface area (Å²) in [7, 11) is 0. The third-order valence-corrected chi connectivity index (χ3v) is 3.52. The number of hydrogen-bond acceptors (Lipinski definition) is 1. The van der Waals surface area contributed by atoms with Crippen LogP contribution in [0.3, 0.4) is 0 Å². The van der Waals surface area contributed by atoms with Crippen molar-refractivity contribution in [3.63, 3.8) is 0 Å². The molecule has 0 bridgehead atoms. The van der Waals surface area contributed by atoms with E-state index >= 15 is 0 Å². The van der Waals surface area contributed by atoms with Crippen molar-refractivity contribution in [3.05, 3.63) is 70.5 Å². The third-order valence-electron chi connectivity index (χ3n) is 3.17. The van der Waals surface area contributed by atoms with E-state index < -0.39 is 0 Å². The van der Waals surface area contributed by atoms with Crippen LogP contribution in [0.15, 0.2) is 48.5 Å². The molecule has 1 nitrogen and oxygen atoms in total. The highest BCUT2D eigenvalue weighted by Gasteiger charge is 2.08. The van der Waals surface area contributed by atoms with Gasteiger partial charge in [0.15, 0.2) is 0 Å². The van der Waals surface area contributed by atoms with E-state index in [4.69, 9.17) is 11.6 Å². The molecule has 1 unspecified atom stereocenters. The summed E-state index contributed by atoms with van der Waals surface area (Å²) in [6.45, 7) is 2.77. The fourth-order valence-electron chi connectivity index (χ4n) is 2.06. The van der Waals surface area contributed by atoms with E-state index in [2.05, 4.69) is 12.2 Å². The van der Waals surface area contributed by atoms with Crippen molar-refractivity contribution >= 4 is 11.6 Å². The van der Waals surface area contributed by atoms with Crippen LogP contribution in [0.5, 0.6) is 0 Å². The minimum Gasteiger partial charge on any atom is -0.310 e. The molecule has 0 saturated heterocycles. The molecular formula is C16H17ClFN. The van der Waals surface area contributed by atoms with Crippen molar-refractivity contribution in [1.82, 2.24) is 5.32 Å². The van der Waals surface area contributed by atoms with Gasteiger partial charge in [-0.15, -0.1) is 0 Å². The first kappa shape index (κ1) is 14.0. The van der Waals surface area contributed by atoms with Crippen LogP contribution in [-0.4, -0.2) is 6.54 Å². The number of benzene rings is 2. The SMILES string of the molecule is CC(NCCc1ccccc1F)c1ccccc1Cl. The van der Waals surface area contributed by atoms with Crippen molar-refractivity contribution in [2.45, 2.75) is 19.4 Å². The number of hydrogen-bond donors (Lipinski definition) is 1. The van der Waals surface area contributed by atoms with Crippen molar-refractivity contribution in [3.8, 4) is 0 Å². The monoisotopic (exact) mass is 277 g/mol. The highest BCUT2D eigenvalue weighted by Crippen LogP contribution is 2.22. The van der Waals surface area contributed by atoms with Crippen LogP contribution in [0.4, 0.5) is 4.39 Å². The lowest BCUT2D eigenvalue weighted by atomic mass is 10.1. The molecule has 1 N–H and O–H groups in total. The van der Waals surface area contributed by atoms with Crippen molar-refractivity contribution < 1.29 is 4.39 Å². The van der Waals surface area contributed by atoms with Gasteiger partial charge in [-0.2, -0.15) is 0 Å². The number of nitrogens with one attached hydrogen (secondary N) is 1. The molecule has 2 aromatic carbocycles. The van der Waals surface area contributed by atoms with Crippen molar-refractivity contribution in [1.29, 1.82) is 0 Å². The van der Waals surface area contributed by atoms with Gasteiger partial charge in [-0.05, 0) is 43.1 Å². The zero-order chi connectivity index (χ0) is 13.7. The van der Waals surface area contributed by atoms with Gasteiger partial charge in [0, 0.05) is 11.1 Å². The lowest BCUT2D eigenvalue weighted by Gasteiger charge is -2.15. The summed E-state index contributed by atoms with van der Waals surface area (Å²) in [4.78, 5) is 0. The first-order valence-electron chi connectivity index (χ1n) is 6.39. The molecule has 0 saturated carbocycles. The molecule has 100 valence electrons. The molecule has 0 amide bonds. The topological polar surface area (TPSA) is 12.0 Å². The minimum absolute atomic E-state index is 0.144. The van der Waals surface area contributed by atoms with Crippen molar-refractivity contribution in [2.75, 3.05) is 6.54 Å². The van der Waals surface area contributed by atoms with Gasteiger partial charge in [0.25, 0.3) is 0 Å². The minimum atomic E-state index is -0.144. The van der Waals surface area contributed by atoms with Gasteiger partial charge in [-0.25, -0.2) is 4.39 Å². The summed E-state index contributed by atoms with van der Waals surface area (Å²) in [6, 6.07) is 14.8. The Morgan fingerprint density at radius 2 is 1.79 bits per heavy atom. The molecule has 0 aromatic heterocycles. The maximum Gasteiger partial charge on any atom is 0.126 e. The Hall–Kier alpha value is -1.38. The van der Waals surface area contributed by atoms with E-state index in [1.165, 1.54) is 6.07 Å². The van der Waals surface area contributed by atoms with Gasteiger partial charge >= 0.3 is 0 Å². The standard InChI is InChI=1S/C16H17ClFN/c1-12(14-7-3-4-8-15(14)17)19-11-10-13-6-2-5-9-16(13)18/h2-9,12,19H,10-11H2,1H3. The molecule has 0 aliphatic heterocycles. The Bertz CT molecular complexity index is 542. The van der Waals surface area contributed by atoms with Gasteiger partial charge < -0.3 is 5.32 Å². The molecular weight excluding hydrogens is 261 g/mol. The van der Waals surface area contributed by atoms with E-state index in [0.29, 0.717) is 13.0 Å². The average Bonchev–Trinajstić information content (AvgIpc) is 2.41. The molecule has 0 heterocycles. The van der Waals surface area contributed by atoms with Crippen LogP contribution in [0, 0.1) is 5.82 Å². The molecule has 0 spiro atoms. The summed E-state index contributed by atoms with van der Waals surface area (Å²) in [6.07, 6.45) is 0.668. The Balaban J connectivity index is 1.90. The van der Waals surface area contributed by atoms with Crippen LogP contribution in [-0.2, 0) is 6.42 Å². The van der Waals surface area contributed by atoms with Crippen LogP contribution in [0.25, 0.3) is 0 Å². The van der Waals surface area contributed by atoms with Gasteiger partial charge in [-0.3, -0.25) is 0 Å². The zero-order valence-electron chi connectivity index (χ0n) is 10.9. The lowest BCUT2D eigenvalue weighted by Crippen LogP contribution is -2.21. The zero-order valence-corrected chi connectivity index (χ0v) is 11.6. The average molecular weight is 278 g/mol. The fourth-order valence-corrected chi connectivity index (χ4v) is 2.36. The second kappa shape index (κ2) is 6.69. The summed E-state index contributed by atoms with van der Waals surface area (Å²) < 4.78 is 13.5. The maximum atomic E-state index is 13.5.